The van der Waals surface area contributed by atoms with Gasteiger partial charge in [-0.15, -0.1) is 0 Å². The molecule has 3 aromatic carbocycles. The molecule has 18 heteroatoms. The van der Waals surface area contributed by atoms with Crippen molar-refractivity contribution in [1.29, 1.82) is 5.53 Å². The molecule has 3 aromatic rings. The van der Waals surface area contributed by atoms with Crippen LogP contribution in [0.5, 0.6) is 5.75 Å². The van der Waals surface area contributed by atoms with E-state index in [0.717, 1.165) is 37.9 Å². The van der Waals surface area contributed by atoms with Crippen LogP contribution in [0.4, 0.5) is 16.2 Å². The van der Waals surface area contributed by atoms with Crippen molar-refractivity contribution in [3.8, 4) is 5.75 Å². The average Bonchev–Trinajstić information content (AvgIpc) is 3.79. The molecule has 0 saturated carbocycles. The number of fused-ring (bicyclic) bond motifs is 2. The van der Waals surface area contributed by atoms with E-state index in [4.69, 9.17) is 10.3 Å². The first kappa shape index (κ1) is 44.3. The molecule has 2 saturated heterocycles. The van der Waals surface area contributed by atoms with E-state index in [0.29, 0.717) is 59.4 Å². The molecule has 0 aromatic heterocycles. The number of rotatable bonds is 20. The largest absolute Gasteiger partial charge is 0.481 e. The van der Waals surface area contributed by atoms with E-state index in [-0.39, 0.29) is 37.0 Å². The molecule has 3 heterocycles. The van der Waals surface area contributed by atoms with Gasteiger partial charge in [0.1, 0.15) is 29.9 Å². The highest BCUT2D eigenvalue weighted by Gasteiger charge is 2.43. The van der Waals surface area contributed by atoms with E-state index < -0.39 is 41.8 Å². The van der Waals surface area contributed by atoms with Gasteiger partial charge in [0, 0.05) is 30.5 Å². The summed E-state index contributed by atoms with van der Waals surface area (Å²) < 4.78 is 6.46. The number of benzene rings is 3. The fraction of sp³-hybridized carbons (Fsp3) is 0.442. The molecule has 3 aliphatic heterocycles. The normalized spacial score (nSPS) is 20.6. The summed E-state index contributed by atoms with van der Waals surface area (Å²) in [5.74, 6) is -0.702. The van der Waals surface area contributed by atoms with Crippen LogP contribution in [0.3, 0.4) is 0 Å². The van der Waals surface area contributed by atoms with Crippen LogP contribution in [0.15, 0.2) is 84.0 Å². The zero-order chi connectivity index (χ0) is 43.1. The van der Waals surface area contributed by atoms with Crippen molar-refractivity contribution >= 4 is 58.7 Å². The van der Waals surface area contributed by atoms with Crippen LogP contribution in [0.2, 0.25) is 0 Å². The molecule has 0 unspecified atom stereocenters. The number of urea groups is 1. The van der Waals surface area contributed by atoms with Crippen LogP contribution in [0.25, 0.3) is 0 Å². The molecule has 0 radical (unpaired) electrons. The van der Waals surface area contributed by atoms with Crippen molar-refractivity contribution in [1.82, 2.24) is 36.8 Å². The summed E-state index contributed by atoms with van der Waals surface area (Å²) >= 11 is 1.87. The lowest BCUT2D eigenvalue weighted by molar-refractivity contribution is -0.132. The van der Waals surface area contributed by atoms with Crippen LogP contribution >= 0.6 is 11.8 Å². The first-order valence-corrected chi connectivity index (χ1v) is 21.7. The third-order valence-electron chi connectivity index (χ3n) is 10.8. The summed E-state index contributed by atoms with van der Waals surface area (Å²) in [6, 6.07) is 20.5. The first-order chi connectivity index (χ1) is 29.6. The molecule has 6 atom stereocenters. The standard InChI is InChI=1S/C43H52N10O7S/c1-27(47-36(55)24-28-18-20-30(21-19-28)51-52-44)41(57)49-39-40(29-12-4-2-5-13-29)60-33-15-7-6-14-32(33)53(42(39)58)25-37(56)46-23-11-3-10-22-45-35(54)17-9-8-16-34-38-31(26-61-34)48-43(59)50-38/h2,4-7,12-15,18-21,27,31,34,38-40,44H,3,8-11,16-17,22-26H2,1H3,(H5-,45,46,47,48,49,50,54,55,56,57,59)/p+1/t27-,31-,34-,38-,39-,40+/m0/s1. The highest BCUT2D eigenvalue weighted by molar-refractivity contribution is 8.00. The number of unbranched alkanes of at least 4 members (excludes halogenated alkanes) is 3. The number of nitrogens with one attached hydrogen (secondary N) is 7. The maximum absolute atomic E-state index is 14.5. The molecule has 7 N–H and O–H groups in total. The summed E-state index contributed by atoms with van der Waals surface area (Å²) in [4.78, 5) is 82.8. The van der Waals surface area contributed by atoms with Crippen molar-refractivity contribution in [2.45, 2.75) is 93.8 Å². The third-order valence-corrected chi connectivity index (χ3v) is 12.3. The molecule has 3 aliphatic rings. The number of amides is 7. The summed E-state index contributed by atoms with van der Waals surface area (Å²) in [5, 5.41) is 21.4. The predicted molar refractivity (Wildman–Crippen MR) is 229 cm³/mol. The third kappa shape index (κ3) is 12.4. The van der Waals surface area contributed by atoms with Gasteiger partial charge < -0.3 is 36.6 Å². The Labute approximate surface area is 358 Å². The van der Waals surface area contributed by atoms with Crippen LogP contribution in [0, 0.1) is 5.53 Å². The monoisotopic (exact) mass is 853 g/mol. The molecule has 322 valence electrons. The van der Waals surface area contributed by atoms with Gasteiger partial charge in [-0.1, -0.05) is 61.0 Å². The molecule has 61 heavy (non-hydrogen) atoms. The van der Waals surface area contributed by atoms with Gasteiger partial charge in [-0.3, -0.25) is 28.9 Å². The van der Waals surface area contributed by atoms with Crippen molar-refractivity contribution in [3.05, 3.63) is 90.0 Å². The topological polar surface area (TPSA) is 237 Å². The average molecular weight is 854 g/mol. The van der Waals surface area contributed by atoms with E-state index in [1.165, 1.54) is 11.8 Å². The van der Waals surface area contributed by atoms with E-state index in [9.17, 15) is 28.8 Å². The molecule has 0 bridgehead atoms. The highest BCUT2D eigenvalue weighted by atomic mass is 32.2. The Morgan fingerprint density at radius 2 is 1.61 bits per heavy atom. The first-order valence-electron chi connectivity index (χ1n) is 20.7. The summed E-state index contributed by atoms with van der Waals surface area (Å²) in [5.41, 5.74) is 9.00. The lowest BCUT2D eigenvalue weighted by Crippen LogP contribution is -2.56. The van der Waals surface area contributed by atoms with Crippen LogP contribution in [-0.4, -0.2) is 90.4 Å². The van der Waals surface area contributed by atoms with E-state index in [1.807, 2.05) is 17.8 Å². The number of nitrogens with zero attached hydrogens (tertiary/aromatic N) is 3. The van der Waals surface area contributed by atoms with Crippen molar-refractivity contribution in [2.75, 3.05) is 30.3 Å². The maximum Gasteiger partial charge on any atom is 0.315 e. The molecule has 6 rings (SSSR count). The van der Waals surface area contributed by atoms with Crippen molar-refractivity contribution in [3.63, 3.8) is 0 Å². The number of thioether (sulfide) groups is 1. The molecule has 17 nitrogen and oxygen atoms in total. The Bertz CT molecular complexity index is 2080. The Hall–Kier alpha value is -6.26. The van der Waals surface area contributed by atoms with Gasteiger partial charge in [0.15, 0.2) is 16.9 Å². The number of hydrogen-bond donors (Lipinski definition) is 7. The predicted octanol–water partition coefficient (Wildman–Crippen LogP) is 3.70. The minimum absolute atomic E-state index is 0.0179. The fourth-order valence-corrected chi connectivity index (χ4v) is 9.15. The lowest BCUT2D eigenvalue weighted by Gasteiger charge is -2.29. The summed E-state index contributed by atoms with van der Waals surface area (Å²) in [6.07, 6.45) is 4.35. The second-order valence-corrected chi connectivity index (χ2v) is 16.6. The van der Waals surface area contributed by atoms with Crippen molar-refractivity contribution in [2.24, 2.45) is 5.11 Å². The smallest absolute Gasteiger partial charge is 0.315 e. The summed E-state index contributed by atoms with van der Waals surface area (Å²) in [7, 11) is 0. The number of ether oxygens (including phenoxy) is 1. The van der Waals surface area contributed by atoms with Gasteiger partial charge in [0.25, 0.3) is 5.91 Å². The highest BCUT2D eigenvalue weighted by Crippen LogP contribution is 2.38. The minimum Gasteiger partial charge on any atom is -0.481 e. The van der Waals surface area contributed by atoms with Crippen molar-refractivity contribution < 1.29 is 33.5 Å². The zero-order valence-corrected chi connectivity index (χ0v) is 34.9. The Kier molecular flexibility index (Phi) is 15.9. The van der Waals surface area contributed by atoms with Gasteiger partial charge in [0.2, 0.25) is 28.5 Å². The van der Waals surface area contributed by atoms with Gasteiger partial charge in [-0.2, -0.15) is 11.8 Å². The van der Waals surface area contributed by atoms with Gasteiger partial charge in [-0.05, 0) is 74.4 Å². The second kappa shape index (κ2) is 21.8. The minimum atomic E-state index is -1.27. The quantitative estimate of drug-likeness (QED) is 0.0382. The number of carbonyl (C=O) groups excluding carboxylic acids is 6. The number of anilines is 1. The Balaban J connectivity index is 0.972. The molecular weight excluding hydrogens is 801 g/mol. The van der Waals surface area contributed by atoms with Crippen LogP contribution in [0.1, 0.15) is 69.1 Å². The number of carbonyl (C=O) groups is 6. The van der Waals surface area contributed by atoms with E-state index in [2.05, 4.69) is 41.9 Å². The SMILES string of the molecule is C[C@H](NC(=O)Cc1ccc(N=[N+]=N)cc1)C(=O)N[C@@H]1C(=O)N(CC(=O)NCCCCCNC(=O)CCCC[C@@H]2SC[C@@H]3NC(=O)N[C@@H]32)c2ccccc2O[C@@H]1c1ccccc1. The van der Waals surface area contributed by atoms with Gasteiger partial charge >= 0.3 is 6.03 Å². The van der Waals surface area contributed by atoms with Gasteiger partial charge in [0.05, 0.1) is 24.2 Å². The van der Waals surface area contributed by atoms with Crippen LogP contribution in [-0.2, 0) is 30.4 Å². The second-order valence-electron chi connectivity index (χ2n) is 15.3. The number of hydrogen-bond acceptors (Lipinski definition) is 10. The van der Waals surface area contributed by atoms with E-state index in [1.54, 1.807) is 72.8 Å². The Morgan fingerprint density at radius 1 is 0.885 bits per heavy atom. The fourth-order valence-electron chi connectivity index (χ4n) is 7.61. The lowest BCUT2D eigenvalue weighted by atomic mass is 10.0. The Morgan fingerprint density at radius 3 is 2.36 bits per heavy atom. The molecule has 0 spiro atoms. The number of para-hydroxylation sites is 2. The van der Waals surface area contributed by atoms with Gasteiger partial charge in [-0.25, -0.2) is 4.79 Å². The molecule has 0 aliphatic carbocycles. The molecular formula is C43H53N10O7S+. The zero-order valence-electron chi connectivity index (χ0n) is 34.1. The van der Waals surface area contributed by atoms with Crippen LogP contribution < -0.4 is 46.4 Å². The maximum atomic E-state index is 14.5. The molecule has 2 fully saturated rings. The van der Waals surface area contributed by atoms with E-state index >= 15 is 0 Å². The molecule has 7 amide bonds. The summed E-state index contributed by atoms with van der Waals surface area (Å²) in [6.45, 7) is 2.10.